The molecule has 0 amide bonds. The van der Waals surface area contributed by atoms with Crippen LogP contribution in [0.25, 0.3) is 0 Å². The van der Waals surface area contributed by atoms with E-state index in [-0.39, 0.29) is 5.84 Å². The fraction of sp³-hybridized carbons (Fsp3) is 0.417. The van der Waals surface area contributed by atoms with Crippen molar-refractivity contribution < 1.29 is 5.21 Å². The Labute approximate surface area is 101 Å². The normalized spacial score (nSPS) is 18.4. The first-order chi connectivity index (χ1) is 8.29. The second-order valence-electron chi connectivity index (χ2n) is 4.19. The predicted octanol–water partition coefficient (Wildman–Crippen LogP) is 0.555. The molecule has 0 aliphatic carbocycles. The molecule has 0 atom stereocenters. The highest BCUT2D eigenvalue weighted by Crippen LogP contribution is 2.15. The molecule has 0 aromatic heterocycles. The molecule has 1 fully saturated rings. The molecule has 0 bridgehead atoms. The zero-order valence-corrected chi connectivity index (χ0v) is 9.79. The van der Waals surface area contributed by atoms with Crippen molar-refractivity contribution in [1.29, 1.82) is 0 Å². The molecular weight excluding hydrogens is 216 g/mol. The largest absolute Gasteiger partial charge is 0.409 e. The number of anilines is 1. The van der Waals surface area contributed by atoms with Crippen molar-refractivity contribution in [2.75, 3.05) is 37.6 Å². The maximum atomic E-state index is 8.52. The molecule has 1 aliphatic heterocycles. The Morgan fingerprint density at radius 3 is 2.41 bits per heavy atom. The van der Waals surface area contributed by atoms with E-state index in [1.807, 2.05) is 6.07 Å². The smallest absolute Gasteiger partial charge is 0.153 e. The maximum Gasteiger partial charge on any atom is 0.153 e. The summed E-state index contributed by atoms with van der Waals surface area (Å²) < 4.78 is 0. The van der Waals surface area contributed by atoms with Gasteiger partial charge in [-0.2, -0.15) is 0 Å². The van der Waals surface area contributed by atoms with Crippen LogP contribution in [0.1, 0.15) is 0 Å². The van der Waals surface area contributed by atoms with E-state index in [0.717, 1.165) is 26.2 Å². The van der Waals surface area contributed by atoms with Gasteiger partial charge in [-0.1, -0.05) is 23.4 Å². The number of nitrogens with zero attached hydrogens (tertiary/aromatic N) is 3. The van der Waals surface area contributed by atoms with Crippen LogP contribution in [0.5, 0.6) is 0 Å². The molecule has 5 nitrogen and oxygen atoms in total. The summed E-state index contributed by atoms with van der Waals surface area (Å²) in [5, 5.41) is 11.5. The maximum absolute atomic E-state index is 8.52. The zero-order chi connectivity index (χ0) is 12.1. The lowest BCUT2D eigenvalue weighted by atomic mass is 10.2. The van der Waals surface area contributed by atoms with Gasteiger partial charge in [-0.25, -0.2) is 0 Å². The number of amidine groups is 1. The first kappa shape index (κ1) is 11.7. The Morgan fingerprint density at radius 2 is 1.82 bits per heavy atom. The van der Waals surface area contributed by atoms with Crippen molar-refractivity contribution in [2.24, 2.45) is 10.9 Å². The fourth-order valence-corrected chi connectivity index (χ4v) is 2.06. The van der Waals surface area contributed by atoms with Gasteiger partial charge in [0.15, 0.2) is 5.84 Å². The van der Waals surface area contributed by atoms with Gasteiger partial charge in [-0.05, 0) is 12.1 Å². The number of hydrogen-bond donors (Lipinski definition) is 2. The quantitative estimate of drug-likeness (QED) is 0.347. The van der Waals surface area contributed by atoms with Crippen molar-refractivity contribution in [3.8, 4) is 0 Å². The molecule has 0 saturated carbocycles. The van der Waals surface area contributed by atoms with E-state index in [1.54, 1.807) is 0 Å². The van der Waals surface area contributed by atoms with Gasteiger partial charge < -0.3 is 15.8 Å². The molecule has 2 rings (SSSR count). The first-order valence-electron chi connectivity index (χ1n) is 5.78. The minimum atomic E-state index is 0.276. The number of para-hydroxylation sites is 1. The number of hydrogen-bond acceptors (Lipinski definition) is 4. The molecule has 0 radical (unpaired) electrons. The van der Waals surface area contributed by atoms with Crippen LogP contribution in [-0.4, -0.2) is 48.7 Å². The number of piperazine rings is 1. The lowest BCUT2D eigenvalue weighted by molar-refractivity contribution is 0.279. The molecule has 1 aromatic rings. The van der Waals surface area contributed by atoms with Gasteiger partial charge in [0.25, 0.3) is 0 Å². The number of nitrogens with two attached hydrogens (primary N) is 1. The van der Waals surface area contributed by atoms with E-state index in [1.165, 1.54) is 5.69 Å². The molecule has 1 aliphatic rings. The predicted molar refractivity (Wildman–Crippen MR) is 68.5 cm³/mol. The molecule has 0 spiro atoms. The van der Waals surface area contributed by atoms with Crippen LogP contribution < -0.4 is 10.6 Å². The average molecular weight is 234 g/mol. The lowest BCUT2D eigenvalue weighted by Crippen LogP contribution is -2.48. The molecule has 5 heteroatoms. The van der Waals surface area contributed by atoms with Gasteiger partial charge in [0.2, 0.25) is 0 Å². The topological polar surface area (TPSA) is 65.1 Å². The molecular formula is C12H18N4O. The highest BCUT2D eigenvalue weighted by molar-refractivity contribution is 5.81. The third-order valence-corrected chi connectivity index (χ3v) is 3.01. The summed E-state index contributed by atoms with van der Waals surface area (Å²) in [6.45, 7) is 4.36. The Hall–Kier alpha value is -1.75. The van der Waals surface area contributed by atoms with Gasteiger partial charge >= 0.3 is 0 Å². The van der Waals surface area contributed by atoms with E-state index in [2.05, 4.69) is 39.2 Å². The van der Waals surface area contributed by atoms with Crippen LogP contribution in [0, 0.1) is 0 Å². The van der Waals surface area contributed by atoms with Crippen LogP contribution in [-0.2, 0) is 0 Å². The highest BCUT2D eigenvalue weighted by Gasteiger charge is 2.17. The summed E-state index contributed by atoms with van der Waals surface area (Å²) in [7, 11) is 0. The van der Waals surface area contributed by atoms with Crippen molar-refractivity contribution in [3.63, 3.8) is 0 Å². The second kappa shape index (κ2) is 5.54. The third kappa shape index (κ3) is 3.10. The Morgan fingerprint density at radius 1 is 1.18 bits per heavy atom. The molecule has 92 valence electrons. The third-order valence-electron chi connectivity index (χ3n) is 3.01. The molecule has 1 aromatic carbocycles. The number of rotatable bonds is 3. The fourth-order valence-electron chi connectivity index (χ4n) is 2.06. The van der Waals surface area contributed by atoms with Crippen molar-refractivity contribution in [3.05, 3.63) is 30.3 Å². The van der Waals surface area contributed by atoms with Crippen LogP contribution in [0.2, 0.25) is 0 Å². The highest BCUT2D eigenvalue weighted by atomic mass is 16.4. The second-order valence-corrected chi connectivity index (χ2v) is 4.19. The van der Waals surface area contributed by atoms with Gasteiger partial charge in [0, 0.05) is 31.9 Å². The van der Waals surface area contributed by atoms with Crippen LogP contribution in [0.15, 0.2) is 35.5 Å². The summed E-state index contributed by atoms with van der Waals surface area (Å²) in [4.78, 5) is 4.54. The van der Waals surface area contributed by atoms with Crippen molar-refractivity contribution >= 4 is 11.5 Å². The standard InChI is InChI=1S/C12H18N4O/c13-12(14-17)10-15-6-8-16(9-7-15)11-4-2-1-3-5-11/h1-5,17H,6-10H2,(H2,13,14). The van der Waals surface area contributed by atoms with Crippen molar-refractivity contribution in [1.82, 2.24) is 4.90 Å². The van der Waals surface area contributed by atoms with E-state index in [0.29, 0.717) is 6.54 Å². The van der Waals surface area contributed by atoms with E-state index in [9.17, 15) is 0 Å². The lowest BCUT2D eigenvalue weighted by Gasteiger charge is -2.35. The number of benzene rings is 1. The van der Waals surface area contributed by atoms with Crippen molar-refractivity contribution in [2.45, 2.75) is 0 Å². The summed E-state index contributed by atoms with van der Waals surface area (Å²) in [6, 6.07) is 10.4. The van der Waals surface area contributed by atoms with Crippen LogP contribution >= 0.6 is 0 Å². The van der Waals surface area contributed by atoms with Crippen LogP contribution in [0.3, 0.4) is 0 Å². The van der Waals surface area contributed by atoms with Gasteiger partial charge in [0.05, 0.1) is 6.54 Å². The molecule has 0 unspecified atom stereocenters. The molecule has 17 heavy (non-hydrogen) atoms. The average Bonchev–Trinajstić information content (AvgIpc) is 2.40. The minimum absolute atomic E-state index is 0.276. The summed E-state index contributed by atoms with van der Waals surface area (Å²) >= 11 is 0. The zero-order valence-electron chi connectivity index (χ0n) is 9.79. The Bertz CT molecular complexity index is 371. The molecule has 3 N–H and O–H groups in total. The van der Waals surface area contributed by atoms with Crippen LogP contribution in [0.4, 0.5) is 5.69 Å². The number of oxime groups is 1. The minimum Gasteiger partial charge on any atom is -0.409 e. The molecule has 1 heterocycles. The SMILES string of the molecule is N/C(CN1CCN(c2ccccc2)CC1)=N/O. The first-order valence-corrected chi connectivity index (χ1v) is 5.78. The summed E-state index contributed by atoms with van der Waals surface area (Å²) in [5.74, 6) is 0.276. The van der Waals surface area contributed by atoms with E-state index >= 15 is 0 Å². The summed E-state index contributed by atoms with van der Waals surface area (Å²) in [6.07, 6.45) is 0. The Kier molecular flexibility index (Phi) is 3.82. The van der Waals surface area contributed by atoms with E-state index < -0.39 is 0 Å². The van der Waals surface area contributed by atoms with Gasteiger partial charge in [-0.3, -0.25) is 4.90 Å². The van der Waals surface area contributed by atoms with Gasteiger partial charge in [0.1, 0.15) is 0 Å². The summed E-state index contributed by atoms with van der Waals surface area (Å²) in [5.41, 5.74) is 6.75. The molecule has 1 saturated heterocycles. The van der Waals surface area contributed by atoms with E-state index in [4.69, 9.17) is 10.9 Å². The monoisotopic (exact) mass is 234 g/mol. The Balaban J connectivity index is 1.86. The van der Waals surface area contributed by atoms with Gasteiger partial charge in [-0.15, -0.1) is 0 Å².